The molecule has 2 rings (SSSR count). The zero-order valence-electron chi connectivity index (χ0n) is 12.6. The number of aryl methyl sites for hydroxylation is 2. The summed E-state index contributed by atoms with van der Waals surface area (Å²) in [7, 11) is -3.21. The first kappa shape index (κ1) is 15.5. The van der Waals surface area contributed by atoms with E-state index in [0.29, 0.717) is 10.8 Å². The van der Waals surface area contributed by atoms with Gasteiger partial charge in [0.2, 0.25) is 0 Å². The molecule has 1 N–H and O–H groups in total. The van der Waals surface area contributed by atoms with E-state index in [4.69, 9.17) is 0 Å². The minimum absolute atomic E-state index is 0.0123. The molecule has 1 aromatic carbocycles. The molecule has 0 bridgehead atoms. The molecule has 0 spiro atoms. The second-order valence-corrected chi connectivity index (χ2v) is 8.01. The standard InChI is InChI=1S/C16H25NO2S/c1-4-17-16(12(2)3)11-20(18,19)15-9-8-13-6-5-7-14(13)10-15/h8-10,12,16-17H,4-7,11H2,1-3H3. The first-order valence-corrected chi connectivity index (χ1v) is 9.17. The van der Waals surface area contributed by atoms with Crippen LogP contribution in [0.1, 0.15) is 38.3 Å². The Kier molecular flexibility index (Phi) is 4.86. The molecule has 0 fully saturated rings. The predicted octanol–water partition coefficient (Wildman–Crippen LogP) is 2.58. The van der Waals surface area contributed by atoms with Crippen molar-refractivity contribution in [3.63, 3.8) is 0 Å². The van der Waals surface area contributed by atoms with Gasteiger partial charge in [-0.15, -0.1) is 0 Å². The molecular weight excluding hydrogens is 270 g/mol. The number of hydrogen-bond donors (Lipinski definition) is 1. The molecule has 4 heteroatoms. The minimum atomic E-state index is -3.21. The fraction of sp³-hybridized carbons (Fsp3) is 0.625. The van der Waals surface area contributed by atoms with Crippen LogP contribution in [0.15, 0.2) is 23.1 Å². The quantitative estimate of drug-likeness (QED) is 0.877. The number of hydrogen-bond acceptors (Lipinski definition) is 3. The topological polar surface area (TPSA) is 46.2 Å². The van der Waals surface area contributed by atoms with Gasteiger partial charge in [0.05, 0.1) is 10.6 Å². The Bertz CT molecular complexity index is 564. The molecule has 0 aliphatic heterocycles. The van der Waals surface area contributed by atoms with Gasteiger partial charge in [0, 0.05) is 6.04 Å². The van der Waals surface area contributed by atoms with E-state index in [1.54, 1.807) is 6.07 Å². The van der Waals surface area contributed by atoms with Crippen LogP contribution >= 0.6 is 0 Å². The van der Waals surface area contributed by atoms with Crippen molar-refractivity contribution in [2.24, 2.45) is 5.92 Å². The minimum Gasteiger partial charge on any atom is -0.313 e. The summed E-state index contributed by atoms with van der Waals surface area (Å²) >= 11 is 0. The highest BCUT2D eigenvalue weighted by Crippen LogP contribution is 2.25. The van der Waals surface area contributed by atoms with E-state index in [9.17, 15) is 8.42 Å². The van der Waals surface area contributed by atoms with Crippen LogP contribution in [0.2, 0.25) is 0 Å². The van der Waals surface area contributed by atoms with Crippen LogP contribution in [0.25, 0.3) is 0 Å². The van der Waals surface area contributed by atoms with Gasteiger partial charge < -0.3 is 5.32 Å². The number of fused-ring (bicyclic) bond motifs is 1. The van der Waals surface area contributed by atoms with E-state index >= 15 is 0 Å². The lowest BCUT2D eigenvalue weighted by Gasteiger charge is -2.21. The van der Waals surface area contributed by atoms with Crippen LogP contribution < -0.4 is 5.32 Å². The van der Waals surface area contributed by atoms with E-state index in [1.807, 2.05) is 19.1 Å². The lowest BCUT2D eigenvalue weighted by atomic mass is 10.1. The normalized spacial score (nSPS) is 16.4. The summed E-state index contributed by atoms with van der Waals surface area (Å²) in [4.78, 5) is 0.488. The number of nitrogens with one attached hydrogen (secondary N) is 1. The van der Waals surface area contributed by atoms with E-state index in [0.717, 1.165) is 25.8 Å². The first-order valence-electron chi connectivity index (χ1n) is 7.52. The smallest absolute Gasteiger partial charge is 0.179 e. The highest BCUT2D eigenvalue weighted by atomic mass is 32.2. The Hall–Kier alpha value is -0.870. The zero-order valence-corrected chi connectivity index (χ0v) is 13.5. The maximum absolute atomic E-state index is 12.6. The van der Waals surface area contributed by atoms with Crippen molar-refractivity contribution >= 4 is 9.84 Å². The summed E-state index contributed by atoms with van der Waals surface area (Å²) in [5, 5.41) is 3.28. The van der Waals surface area contributed by atoms with Crippen molar-refractivity contribution in [1.29, 1.82) is 0 Å². The van der Waals surface area contributed by atoms with Crippen LogP contribution in [0.5, 0.6) is 0 Å². The summed E-state index contributed by atoms with van der Waals surface area (Å²) in [5.41, 5.74) is 2.53. The average Bonchev–Trinajstić information content (AvgIpc) is 2.85. The van der Waals surface area contributed by atoms with Crippen molar-refractivity contribution < 1.29 is 8.42 Å². The molecule has 3 nitrogen and oxygen atoms in total. The van der Waals surface area contributed by atoms with Gasteiger partial charge >= 0.3 is 0 Å². The second-order valence-electron chi connectivity index (χ2n) is 5.97. The molecular formula is C16H25NO2S. The fourth-order valence-corrected chi connectivity index (χ4v) is 4.59. The van der Waals surface area contributed by atoms with Crippen LogP contribution in [0, 0.1) is 5.92 Å². The monoisotopic (exact) mass is 295 g/mol. The number of rotatable bonds is 6. The van der Waals surface area contributed by atoms with Gasteiger partial charge in [0.15, 0.2) is 9.84 Å². The maximum atomic E-state index is 12.6. The molecule has 0 radical (unpaired) electrons. The van der Waals surface area contributed by atoms with Gasteiger partial charge in [-0.1, -0.05) is 26.8 Å². The molecule has 1 aliphatic rings. The molecule has 0 saturated heterocycles. The molecule has 0 saturated carbocycles. The number of benzene rings is 1. The van der Waals surface area contributed by atoms with E-state index in [-0.39, 0.29) is 11.8 Å². The SMILES string of the molecule is CCNC(CS(=O)(=O)c1ccc2c(c1)CCC2)C(C)C. The molecule has 112 valence electrons. The highest BCUT2D eigenvalue weighted by Gasteiger charge is 2.24. The van der Waals surface area contributed by atoms with Gasteiger partial charge in [0.25, 0.3) is 0 Å². The largest absolute Gasteiger partial charge is 0.313 e. The summed E-state index contributed by atoms with van der Waals surface area (Å²) < 4.78 is 25.2. The first-order chi connectivity index (χ1) is 9.44. The number of sulfone groups is 1. The van der Waals surface area contributed by atoms with Crippen LogP contribution in [0.4, 0.5) is 0 Å². The van der Waals surface area contributed by atoms with E-state index in [1.165, 1.54) is 11.1 Å². The van der Waals surface area contributed by atoms with Crippen molar-refractivity contribution in [2.75, 3.05) is 12.3 Å². The summed E-state index contributed by atoms with van der Waals surface area (Å²) in [6.07, 6.45) is 3.24. The summed E-state index contributed by atoms with van der Waals surface area (Å²) in [6, 6.07) is 5.68. The Balaban J connectivity index is 2.21. The van der Waals surface area contributed by atoms with Gasteiger partial charge in [-0.05, 0) is 55.0 Å². The third-order valence-electron chi connectivity index (χ3n) is 4.10. The van der Waals surface area contributed by atoms with Crippen LogP contribution in [0.3, 0.4) is 0 Å². The van der Waals surface area contributed by atoms with Crippen LogP contribution in [-0.2, 0) is 22.7 Å². The van der Waals surface area contributed by atoms with Gasteiger partial charge in [-0.25, -0.2) is 8.42 Å². The van der Waals surface area contributed by atoms with Gasteiger partial charge in [-0.2, -0.15) is 0 Å². The van der Waals surface area contributed by atoms with Crippen molar-refractivity contribution in [2.45, 2.75) is 51.0 Å². The van der Waals surface area contributed by atoms with Crippen molar-refractivity contribution in [3.05, 3.63) is 29.3 Å². The Labute approximate surface area is 122 Å². The van der Waals surface area contributed by atoms with Gasteiger partial charge in [-0.3, -0.25) is 0 Å². The fourth-order valence-electron chi connectivity index (χ4n) is 2.82. The summed E-state index contributed by atoms with van der Waals surface area (Å²) in [6.45, 7) is 6.93. The lowest BCUT2D eigenvalue weighted by Crippen LogP contribution is -2.39. The van der Waals surface area contributed by atoms with Crippen LogP contribution in [-0.4, -0.2) is 26.8 Å². The Morgan fingerprint density at radius 3 is 2.55 bits per heavy atom. The third kappa shape index (κ3) is 3.41. The molecule has 20 heavy (non-hydrogen) atoms. The molecule has 0 heterocycles. The second kappa shape index (κ2) is 6.27. The van der Waals surface area contributed by atoms with E-state index < -0.39 is 9.84 Å². The highest BCUT2D eigenvalue weighted by molar-refractivity contribution is 7.91. The molecule has 0 amide bonds. The zero-order chi connectivity index (χ0) is 14.8. The van der Waals surface area contributed by atoms with Gasteiger partial charge in [0.1, 0.15) is 0 Å². The van der Waals surface area contributed by atoms with Crippen molar-refractivity contribution in [1.82, 2.24) is 5.32 Å². The third-order valence-corrected chi connectivity index (χ3v) is 5.87. The summed E-state index contributed by atoms with van der Waals surface area (Å²) in [5.74, 6) is 0.483. The Morgan fingerprint density at radius 1 is 1.20 bits per heavy atom. The lowest BCUT2D eigenvalue weighted by molar-refractivity contribution is 0.435. The molecule has 1 aliphatic carbocycles. The maximum Gasteiger partial charge on any atom is 0.179 e. The molecule has 1 atom stereocenters. The molecule has 1 unspecified atom stereocenters. The van der Waals surface area contributed by atoms with Crippen molar-refractivity contribution in [3.8, 4) is 0 Å². The molecule has 0 aromatic heterocycles. The van der Waals surface area contributed by atoms with E-state index in [2.05, 4.69) is 19.2 Å². The predicted molar refractivity (Wildman–Crippen MR) is 82.8 cm³/mol. The Morgan fingerprint density at radius 2 is 1.90 bits per heavy atom. The average molecular weight is 295 g/mol. The molecule has 1 aromatic rings.